The summed E-state index contributed by atoms with van der Waals surface area (Å²) in [5.41, 5.74) is 0. The summed E-state index contributed by atoms with van der Waals surface area (Å²) in [4.78, 5) is 0.340. The highest BCUT2D eigenvalue weighted by Gasteiger charge is 2.31. The van der Waals surface area contributed by atoms with Crippen LogP contribution in [0.5, 0.6) is 0 Å². The molecule has 1 aromatic rings. The Labute approximate surface area is 128 Å². The van der Waals surface area contributed by atoms with E-state index in [2.05, 4.69) is 15.9 Å². The van der Waals surface area contributed by atoms with E-state index in [1.807, 2.05) is 0 Å². The molecule has 3 nitrogen and oxygen atoms in total. The lowest BCUT2D eigenvalue weighted by molar-refractivity contribution is 0.345. The van der Waals surface area contributed by atoms with Crippen molar-refractivity contribution >= 4 is 37.6 Å². The standard InChI is InChI=1S/C13H17BrClNO2S/c14-11-5-7-13(8-6-11)19(17,18)16-9-3-1-2-4-12(16)10-15/h5-8,12H,1-4,9-10H2. The smallest absolute Gasteiger partial charge is 0.207 e. The molecule has 1 aliphatic heterocycles. The summed E-state index contributed by atoms with van der Waals surface area (Å²) < 4.78 is 27.8. The molecule has 1 heterocycles. The summed E-state index contributed by atoms with van der Waals surface area (Å²) in [7, 11) is -3.44. The van der Waals surface area contributed by atoms with Crippen molar-refractivity contribution in [1.82, 2.24) is 4.31 Å². The van der Waals surface area contributed by atoms with Crippen LogP contribution < -0.4 is 0 Å². The predicted octanol–water partition coefficient (Wildman–Crippen LogP) is 3.62. The molecule has 1 saturated heterocycles. The van der Waals surface area contributed by atoms with Gasteiger partial charge in [0.2, 0.25) is 10.0 Å². The van der Waals surface area contributed by atoms with E-state index in [4.69, 9.17) is 11.6 Å². The Morgan fingerprint density at radius 2 is 1.89 bits per heavy atom. The summed E-state index contributed by atoms with van der Waals surface area (Å²) in [6.07, 6.45) is 3.87. The third-order valence-electron chi connectivity index (χ3n) is 3.42. The minimum atomic E-state index is -3.44. The minimum absolute atomic E-state index is 0.0854. The molecule has 0 bridgehead atoms. The molecule has 1 aliphatic rings. The fourth-order valence-electron chi connectivity index (χ4n) is 2.36. The molecule has 19 heavy (non-hydrogen) atoms. The maximum absolute atomic E-state index is 12.7. The van der Waals surface area contributed by atoms with Crippen LogP contribution in [0.3, 0.4) is 0 Å². The van der Waals surface area contributed by atoms with Crippen LogP contribution in [0, 0.1) is 0 Å². The van der Waals surface area contributed by atoms with Crippen molar-refractivity contribution < 1.29 is 8.42 Å². The highest BCUT2D eigenvalue weighted by molar-refractivity contribution is 9.10. The Kier molecular flexibility index (Phi) is 5.29. The van der Waals surface area contributed by atoms with Gasteiger partial charge in [-0.2, -0.15) is 4.31 Å². The van der Waals surface area contributed by atoms with Gasteiger partial charge in [-0.15, -0.1) is 11.6 Å². The molecule has 0 saturated carbocycles. The number of hydrogen-bond acceptors (Lipinski definition) is 2. The van der Waals surface area contributed by atoms with Gasteiger partial charge in [0.25, 0.3) is 0 Å². The van der Waals surface area contributed by atoms with Crippen LogP contribution in [-0.4, -0.2) is 31.2 Å². The summed E-state index contributed by atoms with van der Waals surface area (Å²) in [5, 5.41) is 0. The van der Waals surface area contributed by atoms with Gasteiger partial charge in [0, 0.05) is 22.9 Å². The van der Waals surface area contributed by atoms with Crippen LogP contribution in [0.15, 0.2) is 33.6 Å². The predicted molar refractivity (Wildman–Crippen MR) is 81.0 cm³/mol. The van der Waals surface area contributed by atoms with Crippen molar-refractivity contribution in [3.63, 3.8) is 0 Å². The molecule has 0 aliphatic carbocycles. The molecule has 0 amide bonds. The Bertz CT molecular complexity index is 518. The second-order valence-electron chi connectivity index (χ2n) is 4.73. The van der Waals surface area contributed by atoms with E-state index in [-0.39, 0.29) is 6.04 Å². The number of halogens is 2. The van der Waals surface area contributed by atoms with E-state index in [1.165, 1.54) is 0 Å². The molecule has 0 aromatic heterocycles. The van der Waals surface area contributed by atoms with Gasteiger partial charge in [-0.3, -0.25) is 0 Å². The van der Waals surface area contributed by atoms with Gasteiger partial charge in [0.1, 0.15) is 0 Å². The lowest BCUT2D eigenvalue weighted by Crippen LogP contribution is -2.41. The number of nitrogens with zero attached hydrogens (tertiary/aromatic N) is 1. The first-order chi connectivity index (χ1) is 9.05. The van der Waals surface area contributed by atoms with E-state index in [0.29, 0.717) is 17.3 Å². The number of hydrogen-bond donors (Lipinski definition) is 0. The molecule has 1 fully saturated rings. The van der Waals surface area contributed by atoms with E-state index >= 15 is 0 Å². The first-order valence-electron chi connectivity index (χ1n) is 6.39. The highest BCUT2D eigenvalue weighted by atomic mass is 79.9. The fourth-order valence-corrected chi connectivity index (χ4v) is 4.72. The summed E-state index contributed by atoms with van der Waals surface area (Å²) in [6.45, 7) is 0.565. The fraction of sp³-hybridized carbons (Fsp3) is 0.538. The lowest BCUT2D eigenvalue weighted by atomic mass is 10.1. The first-order valence-corrected chi connectivity index (χ1v) is 9.16. The van der Waals surface area contributed by atoms with E-state index in [1.54, 1.807) is 28.6 Å². The van der Waals surface area contributed by atoms with Crippen molar-refractivity contribution in [2.45, 2.75) is 36.6 Å². The number of sulfonamides is 1. The molecule has 6 heteroatoms. The largest absolute Gasteiger partial charge is 0.243 e. The Morgan fingerprint density at radius 3 is 2.53 bits per heavy atom. The molecular formula is C13H17BrClNO2S. The Balaban J connectivity index is 2.33. The third kappa shape index (κ3) is 3.51. The number of benzene rings is 1. The van der Waals surface area contributed by atoms with Crippen LogP contribution in [-0.2, 0) is 10.0 Å². The molecule has 1 atom stereocenters. The van der Waals surface area contributed by atoms with Crippen LogP contribution >= 0.6 is 27.5 Å². The quantitative estimate of drug-likeness (QED) is 0.766. The maximum atomic E-state index is 12.7. The van der Waals surface area contributed by atoms with Crippen molar-refractivity contribution in [3.8, 4) is 0 Å². The molecule has 0 spiro atoms. The van der Waals surface area contributed by atoms with Gasteiger partial charge in [0.15, 0.2) is 0 Å². The average molecular weight is 367 g/mol. The third-order valence-corrected chi connectivity index (χ3v) is 6.27. The SMILES string of the molecule is O=S(=O)(c1ccc(Br)cc1)N1CCCCCC1CCl. The second kappa shape index (κ2) is 6.57. The maximum Gasteiger partial charge on any atom is 0.243 e. The van der Waals surface area contributed by atoms with E-state index in [0.717, 1.165) is 30.2 Å². The van der Waals surface area contributed by atoms with Gasteiger partial charge in [-0.1, -0.05) is 28.8 Å². The monoisotopic (exact) mass is 365 g/mol. The summed E-state index contributed by atoms with van der Waals surface area (Å²) in [5.74, 6) is 0.357. The van der Waals surface area contributed by atoms with Gasteiger partial charge in [-0.25, -0.2) is 8.42 Å². The van der Waals surface area contributed by atoms with Gasteiger partial charge >= 0.3 is 0 Å². The molecule has 0 N–H and O–H groups in total. The van der Waals surface area contributed by atoms with E-state index < -0.39 is 10.0 Å². The van der Waals surface area contributed by atoms with Gasteiger partial charge in [0.05, 0.1) is 4.90 Å². The van der Waals surface area contributed by atoms with Crippen LogP contribution in [0.4, 0.5) is 0 Å². The minimum Gasteiger partial charge on any atom is -0.207 e. The van der Waals surface area contributed by atoms with Gasteiger partial charge in [-0.05, 0) is 37.1 Å². The first kappa shape index (κ1) is 15.3. The normalized spacial score (nSPS) is 22.1. The Hall–Kier alpha value is -0.100. The molecule has 106 valence electrons. The zero-order valence-corrected chi connectivity index (χ0v) is 13.7. The number of rotatable bonds is 3. The summed E-state index contributed by atoms with van der Waals surface area (Å²) >= 11 is 9.27. The zero-order chi connectivity index (χ0) is 13.9. The molecule has 2 rings (SSSR count). The second-order valence-corrected chi connectivity index (χ2v) is 7.84. The van der Waals surface area contributed by atoms with Crippen LogP contribution in [0.25, 0.3) is 0 Å². The molecule has 1 aromatic carbocycles. The topological polar surface area (TPSA) is 37.4 Å². The van der Waals surface area contributed by atoms with Crippen molar-refractivity contribution in [3.05, 3.63) is 28.7 Å². The van der Waals surface area contributed by atoms with Gasteiger partial charge < -0.3 is 0 Å². The average Bonchev–Trinajstić information content (AvgIpc) is 2.64. The van der Waals surface area contributed by atoms with E-state index in [9.17, 15) is 8.42 Å². The number of alkyl halides is 1. The molecular weight excluding hydrogens is 350 g/mol. The van der Waals surface area contributed by atoms with Crippen molar-refractivity contribution in [1.29, 1.82) is 0 Å². The Morgan fingerprint density at radius 1 is 1.21 bits per heavy atom. The highest BCUT2D eigenvalue weighted by Crippen LogP contribution is 2.26. The zero-order valence-electron chi connectivity index (χ0n) is 10.6. The summed E-state index contributed by atoms with van der Waals surface area (Å²) in [6, 6.07) is 6.68. The molecule has 1 unspecified atom stereocenters. The van der Waals surface area contributed by atoms with Crippen LogP contribution in [0.2, 0.25) is 0 Å². The van der Waals surface area contributed by atoms with Crippen molar-refractivity contribution in [2.24, 2.45) is 0 Å². The van der Waals surface area contributed by atoms with Crippen molar-refractivity contribution in [2.75, 3.05) is 12.4 Å². The lowest BCUT2D eigenvalue weighted by Gasteiger charge is -2.27. The molecule has 0 radical (unpaired) electrons. The van der Waals surface area contributed by atoms with Crippen LogP contribution in [0.1, 0.15) is 25.7 Å².